The summed E-state index contributed by atoms with van der Waals surface area (Å²) in [6.07, 6.45) is 0. The minimum atomic E-state index is -0.580. The zero-order chi connectivity index (χ0) is 73.1. The Balaban J connectivity index is 0.718. The van der Waals surface area contributed by atoms with Crippen LogP contribution in [0.15, 0.2) is 320 Å². The zero-order valence-corrected chi connectivity index (χ0v) is 62.1. The number of benzene rings is 18. The molecule has 518 valence electrons. The highest BCUT2D eigenvalue weighted by Crippen LogP contribution is 2.54. The first-order valence-corrected chi connectivity index (χ1v) is 39.9. The van der Waals surface area contributed by atoms with E-state index in [-0.39, 0.29) is 0 Å². The van der Waals surface area contributed by atoms with Gasteiger partial charge in [0.25, 0.3) is 0 Å². The average molecular weight is 1460 g/mol. The molecule has 0 unspecified atom stereocenters. The van der Waals surface area contributed by atoms with Gasteiger partial charge in [-0.1, -0.05) is 250 Å². The van der Waals surface area contributed by atoms with Gasteiger partial charge in [0.15, 0.2) is 11.6 Å². The van der Waals surface area contributed by atoms with Gasteiger partial charge in [-0.15, -0.1) is 22.7 Å². The van der Waals surface area contributed by atoms with Crippen molar-refractivity contribution in [3.63, 3.8) is 0 Å². The second-order valence-electron chi connectivity index (χ2n) is 31.0. The number of hydrogen-bond donors (Lipinski definition) is 0. The Morgan fingerprint density at radius 2 is 0.714 bits per heavy atom. The van der Waals surface area contributed by atoms with E-state index in [4.69, 9.17) is 24.4 Å². The first kappa shape index (κ1) is 61.0. The van der Waals surface area contributed by atoms with Crippen molar-refractivity contribution in [1.82, 2.24) is 29.1 Å². The van der Waals surface area contributed by atoms with Gasteiger partial charge in [0.05, 0.1) is 33.5 Å². The summed E-state index contributed by atoms with van der Waals surface area (Å²) < 4.78 is 16.4. The van der Waals surface area contributed by atoms with Crippen molar-refractivity contribution in [2.45, 2.75) is 19.3 Å². The summed E-state index contributed by atoms with van der Waals surface area (Å²) in [5.74, 6) is 1.54. The van der Waals surface area contributed by atoms with Crippen LogP contribution in [-0.2, 0) is 5.41 Å². The van der Waals surface area contributed by atoms with Crippen molar-refractivity contribution in [3.05, 3.63) is 327 Å². The van der Waals surface area contributed by atoms with Gasteiger partial charge in [0.2, 0.25) is 5.71 Å². The Bertz CT molecular complexity index is 8610. The number of furan rings is 1. The van der Waals surface area contributed by atoms with Crippen LogP contribution in [0.2, 0.25) is 0 Å². The van der Waals surface area contributed by atoms with Crippen molar-refractivity contribution >= 4 is 215 Å². The van der Waals surface area contributed by atoms with E-state index in [0.29, 0.717) is 5.71 Å². The van der Waals surface area contributed by atoms with Gasteiger partial charge in [-0.3, -0.25) is 9.13 Å². The van der Waals surface area contributed by atoms with E-state index in [1.807, 2.05) is 34.8 Å². The summed E-state index contributed by atoms with van der Waals surface area (Å²) >= 11 is 3.65. The van der Waals surface area contributed by atoms with E-state index in [1.54, 1.807) is 0 Å². The van der Waals surface area contributed by atoms with Crippen LogP contribution in [0.1, 0.15) is 25.1 Å². The van der Waals surface area contributed by atoms with E-state index >= 15 is 0 Å². The fourth-order valence-corrected chi connectivity index (χ4v) is 22.0. The lowest BCUT2D eigenvalue weighted by Crippen LogP contribution is -2.18. The molecule has 0 bridgehead atoms. The SMILES string of the molecule is CC1(C)c2cc(-c3cccc4c3c3ccccc3c3ccc5c(c6cc7ccccc7cc6n5-c5nc6c(nc5-c5ccc7c(c5)sc5ccccc57)oc5ccccc56)c34)ccc2-c2nc(-n3c4cc5ccccc5cc4c4c5c6ccccc6c6ccccc6c5ccc43)c(-c3ccc4c(c3)sc3ccccc34)nc21. The molecular weight excluding hydrogens is 1400 g/mol. The van der Waals surface area contributed by atoms with Gasteiger partial charge in [-0.25, -0.2) is 19.9 Å². The second kappa shape index (κ2) is 22.1. The van der Waals surface area contributed by atoms with Gasteiger partial charge in [-0.2, -0.15) is 0 Å². The van der Waals surface area contributed by atoms with Crippen LogP contribution in [0.25, 0.3) is 249 Å². The van der Waals surface area contributed by atoms with Gasteiger partial charge < -0.3 is 4.42 Å². The van der Waals surface area contributed by atoms with Gasteiger partial charge >= 0.3 is 0 Å². The minimum Gasteiger partial charge on any atom is -0.436 e. The molecule has 0 amide bonds. The lowest BCUT2D eigenvalue weighted by atomic mass is 9.83. The Kier molecular flexibility index (Phi) is 12.1. The Morgan fingerprint density at radius 3 is 1.31 bits per heavy atom. The van der Waals surface area contributed by atoms with E-state index in [1.165, 1.54) is 127 Å². The number of para-hydroxylation sites is 1. The summed E-state index contributed by atoms with van der Waals surface area (Å²) in [6.45, 7) is 4.71. The summed E-state index contributed by atoms with van der Waals surface area (Å²) in [7, 11) is 0. The van der Waals surface area contributed by atoms with Crippen LogP contribution < -0.4 is 0 Å². The average Bonchev–Trinajstić information content (AvgIpc) is 1.50. The summed E-state index contributed by atoms with van der Waals surface area (Å²) in [6, 6.07) is 117. The predicted molar refractivity (Wildman–Crippen MR) is 473 cm³/mol. The van der Waals surface area contributed by atoms with Crippen LogP contribution in [0.4, 0.5) is 0 Å². The maximum absolute atomic E-state index is 6.64. The van der Waals surface area contributed by atoms with E-state index in [2.05, 4.69) is 326 Å². The lowest BCUT2D eigenvalue weighted by molar-refractivity contribution is 0.635. The molecule has 0 spiro atoms. The van der Waals surface area contributed by atoms with Crippen LogP contribution in [0.5, 0.6) is 0 Å². The molecule has 0 N–H and O–H groups in total. The molecule has 7 heterocycles. The number of rotatable bonds is 5. The number of fused-ring (bicyclic) bond motifs is 34. The maximum atomic E-state index is 6.64. The molecule has 1 aliphatic carbocycles. The highest BCUT2D eigenvalue weighted by atomic mass is 32.1. The predicted octanol–water partition coefficient (Wildman–Crippen LogP) is 28.6. The van der Waals surface area contributed by atoms with Crippen LogP contribution in [0.3, 0.4) is 0 Å². The minimum absolute atomic E-state index is 0.505. The molecule has 0 atom stereocenters. The molecule has 0 radical (unpaired) electrons. The normalized spacial score (nSPS) is 13.2. The van der Waals surface area contributed by atoms with Gasteiger partial charge in [-0.05, 0) is 171 Å². The van der Waals surface area contributed by atoms with Crippen molar-refractivity contribution in [3.8, 4) is 56.5 Å². The quantitative estimate of drug-likeness (QED) is 0.161. The molecule has 7 nitrogen and oxygen atoms in total. The topological polar surface area (TPSA) is 74.6 Å². The molecule has 0 aliphatic heterocycles. The standard InChI is InChI=1S/C103H58N6OS2/c1-103(2)80-50-59(38-43-75(80)97-99(103)104-95(60-39-41-69-67-28-14-17-36-86(67)111-88(69)53-60)100(105-97)108-81-46-44-73-65-26-8-7-24-63(65)64-25-9-12-31-72(64)91(73)93(81)78-48-55-20-3-5-22-57(55)51-83(78)108)62-33-19-34-77-90(62)71-30-11-10-27-66(71)74-45-47-82-94(92(74)77)79-49-56-21-4-6-23-58(56)52-84(79)109(82)101-96(107-102-98(106-101)76-32-13-16-35-85(76)110-102)61-40-42-70-68-29-15-18-37-87(68)112-89(70)54-61/h3-54H,1-2H3. The molecule has 26 rings (SSSR count). The van der Waals surface area contributed by atoms with Gasteiger partial charge in [0.1, 0.15) is 22.5 Å². The van der Waals surface area contributed by atoms with E-state index < -0.39 is 5.41 Å². The third-order valence-corrected chi connectivity index (χ3v) is 27.0. The summed E-state index contributed by atoms with van der Waals surface area (Å²) in [5, 5.41) is 29.8. The van der Waals surface area contributed by atoms with Crippen molar-refractivity contribution in [2.24, 2.45) is 0 Å². The van der Waals surface area contributed by atoms with Gasteiger partial charge in [0, 0.05) is 100 Å². The highest BCUT2D eigenvalue weighted by Gasteiger charge is 2.41. The Labute approximate surface area is 646 Å². The maximum Gasteiger partial charge on any atom is 0.247 e. The first-order valence-electron chi connectivity index (χ1n) is 38.3. The van der Waals surface area contributed by atoms with Crippen molar-refractivity contribution in [1.29, 1.82) is 0 Å². The monoisotopic (exact) mass is 1460 g/mol. The second-order valence-corrected chi connectivity index (χ2v) is 33.1. The zero-order valence-electron chi connectivity index (χ0n) is 60.4. The Hall–Kier alpha value is -14.0. The third kappa shape index (κ3) is 8.21. The molecule has 18 aromatic carbocycles. The fraction of sp³-hybridized carbons (Fsp3) is 0.0291. The molecule has 25 aromatic rings. The molecule has 9 heteroatoms. The molecule has 0 saturated carbocycles. The third-order valence-electron chi connectivity index (χ3n) is 24.8. The number of thiophene rings is 2. The molecule has 7 aromatic heterocycles. The molecular formula is C103H58N6OS2. The largest absolute Gasteiger partial charge is 0.436 e. The van der Waals surface area contributed by atoms with Crippen molar-refractivity contribution in [2.75, 3.05) is 0 Å². The smallest absolute Gasteiger partial charge is 0.247 e. The van der Waals surface area contributed by atoms with Crippen molar-refractivity contribution < 1.29 is 4.42 Å². The van der Waals surface area contributed by atoms with Crippen LogP contribution in [-0.4, -0.2) is 29.1 Å². The lowest BCUT2D eigenvalue weighted by Gasteiger charge is -2.22. The summed E-state index contributed by atoms with van der Waals surface area (Å²) in [4.78, 5) is 23.7. The van der Waals surface area contributed by atoms with Crippen LogP contribution in [0, 0.1) is 0 Å². The fourth-order valence-electron chi connectivity index (χ4n) is 19.7. The summed E-state index contributed by atoms with van der Waals surface area (Å²) in [5.41, 5.74) is 15.6. The Morgan fingerprint density at radius 1 is 0.277 bits per heavy atom. The molecule has 0 saturated heterocycles. The molecule has 112 heavy (non-hydrogen) atoms. The number of aromatic nitrogens is 6. The number of nitrogens with zero attached hydrogens (tertiary/aromatic N) is 6. The highest BCUT2D eigenvalue weighted by molar-refractivity contribution is 7.26. The first-order chi connectivity index (χ1) is 55.3. The van der Waals surface area contributed by atoms with Crippen LogP contribution >= 0.6 is 22.7 Å². The van der Waals surface area contributed by atoms with E-state index in [0.717, 1.165) is 128 Å². The molecule has 1 aliphatic rings. The molecule has 0 fully saturated rings. The van der Waals surface area contributed by atoms with E-state index in [9.17, 15) is 0 Å². The number of hydrogen-bond acceptors (Lipinski definition) is 7.